The highest BCUT2D eigenvalue weighted by molar-refractivity contribution is 14.1. The number of anilines is 1. The van der Waals surface area contributed by atoms with E-state index in [4.69, 9.17) is 0 Å². The Bertz CT molecular complexity index is 599. The van der Waals surface area contributed by atoms with Crippen LogP contribution in [0.15, 0.2) is 47.4 Å². The van der Waals surface area contributed by atoms with Crippen molar-refractivity contribution in [2.24, 2.45) is 0 Å². The maximum Gasteiger partial charge on any atom is 0.259 e. The van der Waals surface area contributed by atoms with Crippen LogP contribution in [0.4, 0.5) is 5.69 Å². The van der Waals surface area contributed by atoms with Gasteiger partial charge in [-0.15, -0.1) is 11.8 Å². The SMILES string of the molecule is CSc1ccc(NC(=O)c2cc(I)ccc2O)cc1. The summed E-state index contributed by atoms with van der Waals surface area (Å²) < 4.78 is 0.901. The zero-order valence-corrected chi connectivity index (χ0v) is 13.2. The maximum atomic E-state index is 12.1. The number of halogens is 1. The summed E-state index contributed by atoms with van der Waals surface area (Å²) in [6.07, 6.45) is 2.00. The quantitative estimate of drug-likeness (QED) is 0.621. The number of phenols is 1. The lowest BCUT2D eigenvalue weighted by molar-refractivity contribution is 0.102. The number of amides is 1. The first-order chi connectivity index (χ1) is 9.10. The molecule has 1 amide bonds. The number of carbonyl (C=O) groups excluding carboxylic acids is 1. The molecule has 0 fully saturated rings. The van der Waals surface area contributed by atoms with Crippen molar-refractivity contribution in [3.63, 3.8) is 0 Å². The summed E-state index contributed by atoms with van der Waals surface area (Å²) in [6.45, 7) is 0. The number of hydrogen-bond donors (Lipinski definition) is 2. The van der Waals surface area contributed by atoms with Crippen molar-refractivity contribution >= 4 is 45.9 Å². The molecule has 0 aliphatic rings. The second kappa shape index (κ2) is 6.29. The van der Waals surface area contributed by atoms with Gasteiger partial charge in [0.25, 0.3) is 5.91 Å². The summed E-state index contributed by atoms with van der Waals surface area (Å²) in [6, 6.07) is 12.5. The van der Waals surface area contributed by atoms with Crippen LogP contribution < -0.4 is 5.32 Å². The molecule has 2 rings (SSSR count). The van der Waals surface area contributed by atoms with Gasteiger partial charge < -0.3 is 10.4 Å². The predicted molar refractivity (Wildman–Crippen MR) is 87.0 cm³/mol. The topological polar surface area (TPSA) is 49.3 Å². The Morgan fingerprint density at radius 3 is 2.53 bits per heavy atom. The zero-order chi connectivity index (χ0) is 13.8. The third-order valence-corrected chi connectivity index (χ3v) is 3.97. The van der Waals surface area contributed by atoms with E-state index in [1.165, 1.54) is 6.07 Å². The highest BCUT2D eigenvalue weighted by Gasteiger charge is 2.11. The molecule has 0 heterocycles. The molecule has 5 heteroatoms. The Morgan fingerprint density at radius 1 is 1.21 bits per heavy atom. The molecular formula is C14H12INO2S. The van der Waals surface area contributed by atoms with Gasteiger partial charge in [0, 0.05) is 14.2 Å². The Labute approximate surface area is 129 Å². The van der Waals surface area contributed by atoms with Crippen molar-refractivity contribution in [1.29, 1.82) is 0 Å². The van der Waals surface area contributed by atoms with E-state index in [9.17, 15) is 9.90 Å². The molecule has 0 aliphatic carbocycles. The van der Waals surface area contributed by atoms with Gasteiger partial charge in [-0.05, 0) is 71.3 Å². The summed E-state index contributed by atoms with van der Waals surface area (Å²) in [5.74, 6) is -0.327. The highest BCUT2D eigenvalue weighted by atomic mass is 127. The second-order valence-corrected chi connectivity index (χ2v) is 5.97. The van der Waals surface area contributed by atoms with E-state index in [0.29, 0.717) is 5.69 Å². The molecule has 2 aromatic carbocycles. The summed E-state index contributed by atoms with van der Waals surface area (Å²) in [5.41, 5.74) is 0.988. The number of benzene rings is 2. The minimum atomic E-state index is -0.312. The molecule has 2 N–H and O–H groups in total. The van der Waals surface area contributed by atoms with E-state index < -0.39 is 0 Å². The van der Waals surface area contributed by atoms with E-state index in [-0.39, 0.29) is 17.2 Å². The highest BCUT2D eigenvalue weighted by Crippen LogP contribution is 2.22. The molecule has 2 aromatic rings. The summed E-state index contributed by atoms with van der Waals surface area (Å²) >= 11 is 3.75. The first kappa shape index (κ1) is 14.2. The number of phenolic OH excluding ortho intramolecular Hbond substituents is 1. The van der Waals surface area contributed by atoms with Crippen LogP contribution in [0, 0.1) is 3.57 Å². The van der Waals surface area contributed by atoms with Crippen LogP contribution in [0.25, 0.3) is 0 Å². The largest absolute Gasteiger partial charge is 0.507 e. The fraction of sp³-hybridized carbons (Fsp3) is 0.0714. The first-order valence-electron chi connectivity index (χ1n) is 5.54. The lowest BCUT2D eigenvalue weighted by Gasteiger charge is -2.07. The molecular weight excluding hydrogens is 373 g/mol. The van der Waals surface area contributed by atoms with Crippen molar-refractivity contribution in [2.75, 3.05) is 11.6 Å². The van der Waals surface area contributed by atoms with E-state index in [1.807, 2.05) is 30.5 Å². The van der Waals surface area contributed by atoms with Crippen LogP contribution in [0.5, 0.6) is 5.75 Å². The van der Waals surface area contributed by atoms with Crippen LogP contribution in [-0.2, 0) is 0 Å². The molecule has 0 bridgehead atoms. The van der Waals surface area contributed by atoms with E-state index in [1.54, 1.807) is 23.9 Å². The number of nitrogens with one attached hydrogen (secondary N) is 1. The van der Waals surface area contributed by atoms with E-state index in [0.717, 1.165) is 8.47 Å². The number of hydrogen-bond acceptors (Lipinski definition) is 3. The smallest absolute Gasteiger partial charge is 0.259 e. The van der Waals surface area contributed by atoms with Crippen molar-refractivity contribution in [1.82, 2.24) is 0 Å². The van der Waals surface area contributed by atoms with Gasteiger partial charge in [-0.25, -0.2) is 0 Å². The molecule has 0 radical (unpaired) electrons. The average Bonchev–Trinajstić information content (AvgIpc) is 2.42. The molecule has 98 valence electrons. The monoisotopic (exact) mass is 385 g/mol. The van der Waals surface area contributed by atoms with Crippen LogP contribution in [0.3, 0.4) is 0 Å². The maximum absolute atomic E-state index is 12.1. The average molecular weight is 385 g/mol. The van der Waals surface area contributed by atoms with Gasteiger partial charge in [-0.2, -0.15) is 0 Å². The minimum Gasteiger partial charge on any atom is -0.507 e. The van der Waals surface area contributed by atoms with E-state index >= 15 is 0 Å². The molecule has 0 spiro atoms. The van der Waals surface area contributed by atoms with Crippen LogP contribution >= 0.6 is 34.4 Å². The molecule has 0 saturated heterocycles. The normalized spacial score (nSPS) is 10.2. The molecule has 0 atom stereocenters. The van der Waals surface area contributed by atoms with Crippen LogP contribution in [-0.4, -0.2) is 17.3 Å². The van der Waals surface area contributed by atoms with Crippen molar-refractivity contribution in [3.8, 4) is 5.75 Å². The lowest BCUT2D eigenvalue weighted by Crippen LogP contribution is -2.12. The molecule has 0 saturated carbocycles. The fourth-order valence-corrected chi connectivity index (χ4v) is 2.46. The summed E-state index contributed by atoms with van der Waals surface area (Å²) in [4.78, 5) is 13.2. The number of rotatable bonds is 3. The van der Waals surface area contributed by atoms with Crippen molar-refractivity contribution < 1.29 is 9.90 Å². The van der Waals surface area contributed by atoms with Gasteiger partial charge in [-0.3, -0.25) is 4.79 Å². The van der Waals surface area contributed by atoms with Crippen LogP contribution in [0.1, 0.15) is 10.4 Å². The van der Waals surface area contributed by atoms with E-state index in [2.05, 4.69) is 27.9 Å². The van der Waals surface area contributed by atoms with Crippen molar-refractivity contribution in [2.45, 2.75) is 4.90 Å². The van der Waals surface area contributed by atoms with Gasteiger partial charge >= 0.3 is 0 Å². The Morgan fingerprint density at radius 2 is 1.89 bits per heavy atom. The summed E-state index contributed by atoms with van der Waals surface area (Å²) in [7, 11) is 0. The van der Waals surface area contributed by atoms with Gasteiger partial charge in [0.05, 0.1) is 5.56 Å². The molecule has 0 aliphatic heterocycles. The van der Waals surface area contributed by atoms with Gasteiger partial charge in [0.2, 0.25) is 0 Å². The van der Waals surface area contributed by atoms with Crippen molar-refractivity contribution in [3.05, 3.63) is 51.6 Å². The third kappa shape index (κ3) is 3.63. The zero-order valence-electron chi connectivity index (χ0n) is 10.2. The number of thioether (sulfide) groups is 1. The Hall–Kier alpha value is -1.21. The molecule has 3 nitrogen and oxygen atoms in total. The minimum absolute atomic E-state index is 0.0151. The predicted octanol–water partition coefficient (Wildman–Crippen LogP) is 3.97. The first-order valence-corrected chi connectivity index (χ1v) is 7.84. The fourth-order valence-electron chi connectivity index (χ4n) is 1.56. The van der Waals surface area contributed by atoms with Gasteiger partial charge in [-0.1, -0.05) is 0 Å². The lowest BCUT2D eigenvalue weighted by atomic mass is 10.2. The molecule has 19 heavy (non-hydrogen) atoms. The summed E-state index contributed by atoms with van der Waals surface area (Å²) in [5, 5.41) is 12.5. The second-order valence-electron chi connectivity index (χ2n) is 3.84. The Balaban J connectivity index is 2.18. The molecule has 0 aromatic heterocycles. The Kier molecular flexibility index (Phi) is 4.71. The number of aromatic hydroxyl groups is 1. The third-order valence-electron chi connectivity index (χ3n) is 2.55. The van der Waals surface area contributed by atoms with Crippen LogP contribution in [0.2, 0.25) is 0 Å². The van der Waals surface area contributed by atoms with Gasteiger partial charge in [0.15, 0.2) is 0 Å². The molecule has 0 unspecified atom stereocenters. The standard InChI is InChI=1S/C14H12INO2S/c1-19-11-5-3-10(4-6-11)16-14(18)12-8-9(15)2-7-13(12)17/h2-8,17H,1H3,(H,16,18). The number of carbonyl (C=O) groups is 1. The van der Waals surface area contributed by atoms with Gasteiger partial charge in [0.1, 0.15) is 5.75 Å².